The normalized spacial score (nSPS) is 10.1. The lowest BCUT2D eigenvalue weighted by atomic mass is 10.2. The lowest BCUT2D eigenvalue weighted by Gasteiger charge is -1.99. The number of pyridine rings is 1. The Morgan fingerprint density at radius 1 is 1.55 bits per heavy atom. The summed E-state index contributed by atoms with van der Waals surface area (Å²) in [6.45, 7) is 0.379. The van der Waals surface area contributed by atoms with Crippen molar-refractivity contribution in [2.45, 2.75) is 6.42 Å². The summed E-state index contributed by atoms with van der Waals surface area (Å²) in [5.41, 5.74) is 5.56. The largest absolute Gasteiger partial charge is 0.330 e. The Hall–Kier alpha value is -0.670. The second kappa shape index (κ2) is 3.64. The molecule has 0 atom stereocenters. The van der Waals surface area contributed by atoms with E-state index in [4.69, 9.17) is 17.3 Å². The van der Waals surface area contributed by atoms with Gasteiger partial charge in [-0.1, -0.05) is 11.6 Å². The zero-order valence-corrected chi connectivity index (χ0v) is 6.61. The van der Waals surface area contributed by atoms with E-state index in [1.807, 2.05) is 0 Å². The van der Waals surface area contributed by atoms with Gasteiger partial charge in [-0.25, -0.2) is 9.37 Å². The molecule has 1 heterocycles. The summed E-state index contributed by atoms with van der Waals surface area (Å²) in [7, 11) is 0. The molecular weight excluding hydrogens is 167 g/mol. The van der Waals surface area contributed by atoms with E-state index in [2.05, 4.69) is 4.98 Å². The third-order valence-corrected chi connectivity index (χ3v) is 1.48. The fraction of sp³-hybridized carbons (Fsp3) is 0.286. The molecule has 60 valence electrons. The Labute approximate surface area is 69.2 Å². The van der Waals surface area contributed by atoms with Crippen molar-refractivity contribution >= 4 is 11.6 Å². The van der Waals surface area contributed by atoms with Gasteiger partial charge in [-0.05, 0) is 18.7 Å². The number of rotatable bonds is 2. The number of nitrogens with two attached hydrogens (primary N) is 1. The first-order chi connectivity index (χ1) is 5.24. The summed E-state index contributed by atoms with van der Waals surface area (Å²) in [5.74, 6) is -0.347. The highest BCUT2D eigenvalue weighted by atomic mass is 35.5. The van der Waals surface area contributed by atoms with E-state index in [1.165, 1.54) is 12.1 Å². The molecule has 0 saturated heterocycles. The van der Waals surface area contributed by atoms with E-state index < -0.39 is 0 Å². The van der Waals surface area contributed by atoms with Crippen LogP contribution >= 0.6 is 11.6 Å². The van der Waals surface area contributed by atoms with Gasteiger partial charge >= 0.3 is 0 Å². The van der Waals surface area contributed by atoms with Crippen LogP contribution < -0.4 is 5.73 Å². The molecule has 1 aromatic rings. The SMILES string of the molecule is NCCc1nc(Cl)ccc1F. The summed E-state index contributed by atoms with van der Waals surface area (Å²) in [6, 6.07) is 2.71. The van der Waals surface area contributed by atoms with Gasteiger partial charge in [0.1, 0.15) is 11.0 Å². The van der Waals surface area contributed by atoms with Crippen LogP contribution in [0, 0.1) is 5.82 Å². The summed E-state index contributed by atoms with van der Waals surface area (Å²) >= 11 is 5.53. The lowest BCUT2D eigenvalue weighted by Crippen LogP contribution is -2.06. The van der Waals surface area contributed by atoms with Crippen molar-refractivity contribution < 1.29 is 4.39 Å². The van der Waals surface area contributed by atoms with Crippen molar-refractivity contribution in [2.24, 2.45) is 5.73 Å². The van der Waals surface area contributed by atoms with E-state index >= 15 is 0 Å². The van der Waals surface area contributed by atoms with E-state index in [-0.39, 0.29) is 5.82 Å². The maximum atomic E-state index is 12.8. The van der Waals surface area contributed by atoms with Crippen LogP contribution in [0.1, 0.15) is 5.69 Å². The fourth-order valence-electron chi connectivity index (χ4n) is 0.770. The van der Waals surface area contributed by atoms with Gasteiger partial charge in [0.25, 0.3) is 0 Å². The first kappa shape index (κ1) is 8.43. The van der Waals surface area contributed by atoms with Crippen LogP contribution in [0.3, 0.4) is 0 Å². The Morgan fingerprint density at radius 2 is 2.27 bits per heavy atom. The highest BCUT2D eigenvalue weighted by molar-refractivity contribution is 6.29. The van der Waals surface area contributed by atoms with Crippen LogP contribution in [0.2, 0.25) is 5.15 Å². The van der Waals surface area contributed by atoms with Crippen LogP contribution in [-0.4, -0.2) is 11.5 Å². The minimum atomic E-state index is -0.347. The van der Waals surface area contributed by atoms with Gasteiger partial charge in [0.15, 0.2) is 0 Å². The van der Waals surface area contributed by atoms with Crippen LogP contribution in [0.5, 0.6) is 0 Å². The first-order valence-corrected chi connectivity index (χ1v) is 3.63. The van der Waals surface area contributed by atoms with E-state index in [0.717, 1.165) is 0 Å². The highest BCUT2D eigenvalue weighted by Crippen LogP contribution is 2.09. The zero-order valence-electron chi connectivity index (χ0n) is 5.85. The molecule has 0 spiro atoms. The first-order valence-electron chi connectivity index (χ1n) is 3.25. The molecule has 2 nitrogen and oxygen atoms in total. The summed E-state index contributed by atoms with van der Waals surface area (Å²) in [4.78, 5) is 3.77. The number of nitrogens with zero attached hydrogens (tertiary/aromatic N) is 1. The summed E-state index contributed by atoms with van der Waals surface area (Å²) in [6.07, 6.45) is 0.423. The van der Waals surface area contributed by atoms with Gasteiger partial charge in [0.2, 0.25) is 0 Å². The van der Waals surface area contributed by atoms with Crippen LogP contribution in [-0.2, 0) is 6.42 Å². The topological polar surface area (TPSA) is 38.9 Å². The minimum absolute atomic E-state index is 0.301. The molecule has 0 aliphatic heterocycles. The van der Waals surface area contributed by atoms with Gasteiger partial charge in [0, 0.05) is 6.42 Å². The monoisotopic (exact) mass is 174 g/mol. The summed E-state index contributed by atoms with van der Waals surface area (Å²) in [5, 5.41) is 0.301. The van der Waals surface area contributed by atoms with E-state index in [0.29, 0.717) is 23.8 Å². The van der Waals surface area contributed by atoms with Crippen LogP contribution in [0.15, 0.2) is 12.1 Å². The second-order valence-corrected chi connectivity index (χ2v) is 2.49. The van der Waals surface area contributed by atoms with Gasteiger partial charge in [0.05, 0.1) is 5.69 Å². The van der Waals surface area contributed by atoms with Crippen LogP contribution in [0.4, 0.5) is 4.39 Å². The minimum Gasteiger partial charge on any atom is -0.330 e. The van der Waals surface area contributed by atoms with Gasteiger partial charge in [-0.3, -0.25) is 0 Å². The molecule has 0 saturated carbocycles. The molecule has 0 unspecified atom stereocenters. The molecule has 1 aromatic heterocycles. The molecule has 4 heteroatoms. The molecule has 0 aliphatic carbocycles. The number of hydrogen-bond donors (Lipinski definition) is 1. The van der Waals surface area contributed by atoms with Gasteiger partial charge < -0.3 is 5.73 Å². The van der Waals surface area contributed by atoms with Crippen molar-refractivity contribution in [3.63, 3.8) is 0 Å². The molecule has 0 fully saturated rings. The molecule has 0 aromatic carbocycles. The molecule has 11 heavy (non-hydrogen) atoms. The fourth-order valence-corrected chi connectivity index (χ4v) is 0.935. The molecule has 0 radical (unpaired) electrons. The molecule has 1 rings (SSSR count). The highest BCUT2D eigenvalue weighted by Gasteiger charge is 2.02. The molecular formula is C7H8ClFN2. The molecule has 2 N–H and O–H groups in total. The number of hydrogen-bond acceptors (Lipinski definition) is 2. The van der Waals surface area contributed by atoms with Crippen LogP contribution in [0.25, 0.3) is 0 Å². The third kappa shape index (κ3) is 2.13. The Morgan fingerprint density at radius 3 is 2.91 bits per heavy atom. The van der Waals surface area contributed by atoms with Crippen molar-refractivity contribution in [3.8, 4) is 0 Å². The van der Waals surface area contributed by atoms with Crippen molar-refractivity contribution in [1.82, 2.24) is 4.98 Å². The zero-order chi connectivity index (χ0) is 8.27. The molecule has 0 bridgehead atoms. The predicted octanol–water partition coefficient (Wildman–Crippen LogP) is 1.38. The second-order valence-electron chi connectivity index (χ2n) is 2.10. The quantitative estimate of drug-likeness (QED) is 0.688. The standard InChI is InChI=1S/C7H8ClFN2/c8-7-2-1-5(9)6(11-7)3-4-10/h1-2H,3-4,10H2. The number of halogens is 2. The van der Waals surface area contributed by atoms with E-state index in [9.17, 15) is 4.39 Å². The van der Waals surface area contributed by atoms with Gasteiger partial charge in [-0.15, -0.1) is 0 Å². The van der Waals surface area contributed by atoms with Crippen molar-refractivity contribution in [3.05, 3.63) is 28.8 Å². The predicted molar refractivity (Wildman–Crippen MR) is 42.0 cm³/mol. The lowest BCUT2D eigenvalue weighted by molar-refractivity contribution is 0.598. The third-order valence-electron chi connectivity index (χ3n) is 1.27. The maximum Gasteiger partial charge on any atom is 0.144 e. The Kier molecular flexibility index (Phi) is 2.79. The Balaban J connectivity index is 2.93. The smallest absolute Gasteiger partial charge is 0.144 e. The van der Waals surface area contributed by atoms with Crippen molar-refractivity contribution in [1.29, 1.82) is 0 Å². The number of aromatic nitrogens is 1. The van der Waals surface area contributed by atoms with E-state index in [1.54, 1.807) is 0 Å². The average Bonchev–Trinajstić information content (AvgIpc) is 1.98. The van der Waals surface area contributed by atoms with Crippen molar-refractivity contribution in [2.75, 3.05) is 6.54 Å². The summed E-state index contributed by atoms with van der Waals surface area (Å²) < 4.78 is 12.8. The Bertz CT molecular complexity index is 252. The van der Waals surface area contributed by atoms with Gasteiger partial charge in [-0.2, -0.15) is 0 Å². The maximum absolute atomic E-state index is 12.8. The molecule has 0 aliphatic rings. The molecule has 0 amide bonds. The average molecular weight is 175 g/mol.